The fourth-order valence-electron chi connectivity index (χ4n) is 2.61. The predicted molar refractivity (Wildman–Crippen MR) is 86.2 cm³/mol. The van der Waals surface area contributed by atoms with Gasteiger partial charge in [-0.3, -0.25) is 9.69 Å². The van der Waals surface area contributed by atoms with Crippen LogP contribution in [0.5, 0.6) is 5.75 Å². The Labute approximate surface area is 130 Å². The van der Waals surface area contributed by atoms with Crippen LogP contribution in [0.1, 0.15) is 24.8 Å². The maximum absolute atomic E-state index is 11.3. The van der Waals surface area contributed by atoms with Gasteiger partial charge in [0.1, 0.15) is 10.7 Å². The first-order valence-electron chi connectivity index (χ1n) is 7.14. The highest BCUT2D eigenvalue weighted by Gasteiger charge is 2.28. The van der Waals surface area contributed by atoms with E-state index in [-0.39, 0.29) is 11.9 Å². The second kappa shape index (κ2) is 7.38. The minimum absolute atomic E-state index is 0.108. The Kier molecular flexibility index (Phi) is 5.52. The normalized spacial score (nSPS) is 18.6. The third-order valence-corrected chi connectivity index (χ3v) is 3.90. The van der Waals surface area contributed by atoms with Gasteiger partial charge in [-0.15, -0.1) is 0 Å². The average Bonchev–Trinajstić information content (AvgIpc) is 2.92. The van der Waals surface area contributed by atoms with Gasteiger partial charge in [0.25, 0.3) is 0 Å². The number of carbonyl (C=O) groups is 1. The minimum atomic E-state index is -0.224. The number of hydrogen-bond acceptors (Lipinski definition) is 4. The molecule has 6 heteroatoms. The number of ether oxygens (including phenoxy) is 1. The molecule has 21 heavy (non-hydrogen) atoms. The zero-order chi connectivity index (χ0) is 15.2. The van der Waals surface area contributed by atoms with E-state index >= 15 is 0 Å². The number of primary amides is 1. The van der Waals surface area contributed by atoms with Crippen LogP contribution in [0.4, 0.5) is 0 Å². The number of nitrogens with two attached hydrogens (primary N) is 2. The average molecular weight is 307 g/mol. The van der Waals surface area contributed by atoms with E-state index in [1.807, 2.05) is 24.3 Å². The maximum Gasteiger partial charge on any atom is 0.234 e. The van der Waals surface area contributed by atoms with Gasteiger partial charge in [0.05, 0.1) is 12.6 Å². The van der Waals surface area contributed by atoms with Gasteiger partial charge in [0, 0.05) is 12.1 Å². The summed E-state index contributed by atoms with van der Waals surface area (Å²) >= 11 is 4.94. The Morgan fingerprint density at radius 3 is 2.95 bits per heavy atom. The number of likely N-dealkylation sites (tertiary alicyclic amines) is 1. The van der Waals surface area contributed by atoms with Gasteiger partial charge in [-0.1, -0.05) is 24.4 Å². The highest BCUT2D eigenvalue weighted by Crippen LogP contribution is 2.17. The summed E-state index contributed by atoms with van der Waals surface area (Å²) in [4.78, 5) is 13.8. The van der Waals surface area contributed by atoms with E-state index in [2.05, 4.69) is 4.90 Å². The second-order valence-electron chi connectivity index (χ2n) is 5.19. The molecule has 1 heterocycles. The standard InChI is InChI=1S/C15H21N3O2S/c16-14(19)13-6-2-7-18(13)8-3-9-20-12-5-1-4-11(10-12)15(17)21/h1,4-5,10,13H,2-3,6-9H2,(H2,16,19)(H2,17,21). The van der Waals surface area contributed by atoms with E-state index in [0.717, 1.165) is 43.7 Å². The number of carbonyl (C=O) groups excluding carboxylic acids is 1. The van der Waals surface area contributed by atoms with Gasteiger partial charge in [-0.2, -0.15) is 0 Å². The lowest BCUT2D eigenvalue weighted by molar-refractivity contribution is -0.122. The zero-order valence-electron chi connectivity index (χ0n) is 12.0. The molecule has 0 radical (unpaired) electrons. The van der Waals surface area contributed by atoms with Crippen molar-refractivity contribution in [1.82, 2.24) is 4.90 Å². The third-order valence-electron chi connectivity index (χ3n) is 3.67. The molecule has 2 rings (SSSR count). The number of hydrogen-bond donors (Lipinski definition) is 2. The Morgan fingerprint density at radius 2 is 2.24 bits per heavy atom. The predicted octanol–water partition coefficient (Wildman–Crippen LogP) is 1.04. The molecule has 0 aromatic heterocycles. The van der Waals surface area contributed by atoms with Crippen molar-refractivity contribution in [2.45, 2.75) is 25.3 Å². The number of amides is 1. The summed E-state index contributed by atoms with van der Waals surface area (Å²) in [5.74, 6) is 0.533. The SMILES string of the molecule is NC(=O)C1CCCN1CCCOc1cccc(C(N)=S)c1. The Bertz CT molecular complexity index is 521. The molecule has 1 atom stereocenters. The number of nitrogens with zero attached hydrogens (tertiary/aromatic N) is 1. The fourth-order valence-corrected chi connectivity index (χ4v) is 2.74. The molecule has 1 aliphatic heterocycles. The lowest BCUT2D eigenvalue weighted by Gasteiger charge is -2.21. The van der Waals surface area contributed by atoms with Crippen LogP contribution in [-0.4, -0.2) is 41.5 Å². The molecule has 1 aromatic rings. The van der Waals surface area contributed by atoms with Gasteiger partial charge >= 0.3 is 0 Å². The van der Waals surface area contributed by atoms with E-state index in [1.54, 1.807) is 0 Å². The molecular weight excluding hydrogens is 286 g/mol. The molecule has 1 fully saturated rings. The summed E-state index contributed by atoms with van der Waals surface area (Å²) in [5, 5.41) is 0. The minimum Gasteiger partial charge on any atom is -0.494 e. The van der Waals surface area contributed by atoms with Crippen LogP contribution >= 0.6 is 12.2 Å². The van der Waals surface area contributed by atoms with Crippen molar-refractivity contribution in [1.29, 1.82) is 0 Å². The number of benzene rings is 1. The number of rotatable bonds is 7. The lowest BCUT2D eigenvalue weighted by Crippen LogP contribution is -2.40. The van der Waals surface area contributed by atoms with Gasteiger partial charge in [-0.25, -0.2) is 0 Å². The quantitative estimate of drug-likeness (QED) is 0.581. The van der Waals surface area contributed by atoms with Crippen LogP contribution in [0.2, 0.25) is 0 Å². The largest absolute Gasteiger partial charge is 0.494 e. The van der Waals surface area contributed by atoms with Crippen LogP contribution in [0, 0.1) is 0 Å². The maximum atomic E-state index is 11.3. The molecule has 5 nitrogen and oxygen atoms in total. The van der Waals surface area contributed by atoms with E-state index < -0.39 is 0 Å². The van der Waals surface area contributed by atoms with E-state index in [0.29, 0.717) is 11.6 Å². The molecule has 4 N–H and O–H groups in total. The molecule has 0 spiro atoms. The van der Waals surface area contributed by atoms with E-state index in [4.69, 9.17) is 28.4 Å². The Morgan fingerprint density at radius 1 is 1.43 bits per heavy atom. The van der Waals surface area contributed by atoms with Crippen molar-refractivity contribution in [3.63, 3.8) is 0 Å². The first kappa shape index (κ1) is 15.7. The highest BCUT2D eigenvalue weighted by atomic mass is 32.1. The fraction of sp³-hybridized carbons (Fsp3) is 0.467. The van der Waals surface area contributed by atoms with Crippen LogP contribution in [-0.2, 0) is 4.79 Å². The van der Waals surface area contributed by atoms with Crippen molar-refractivity contribution in [2.24, 2.45) is 11.5 Å². The topological polar surface area (TPSA) is 81.6 Å². The summed E-state index contributed by atoms with van der Waals surface area (Å²) in [6.07, 6.45) is 2.75. The molecule has 114 valence electrons. The van der Waals surface area contributed by atoms with Gasteiger partial charge < -0.3 is 16.2 Å². The van der Waals surface area contributed by atoms with Crippen LogP contribution in [0.25, 0.3) is 0 Å². The summed E-state index contributed by atoms with van der Waals surface area (Å²) < 4.78 is 5.69. The first-order chi connectivity index (χ1) is 10.1. The van der Waals surface area contributed by atoms with E-state index in [9.17, 15) is 4.79 Å². The van der Waals surface area contributed by atoms with Gasteiger partial charge in [-0.05, 0) is 37.9 Å². The molecular formula is C15H21N3O2S. The van der Waals surface area contributed by atoms with Crippen molar-refractivity contribution >= 4 is 23.1 Å². The van der Waals surface area contributed by atoms with Crippen LogP contribution in [0.3, 0.4) is 0 Å². The van der Waals surface area contributed by atoms with Gasteiger partial charge in [0.2, 0.25) is 5.91 Å². The number of thiocarbonyl (C=S) groups is 1. The van der Waals surface area contributed by atoms with Crippen LogP contribution < -0.4 is 16.2 Å². The summed E-state index contributed by atoms with van der Waals surface area (Å²) in [5.41, 5.74) is 11.8. The van der Waals surface area contributed by atoms with Crippen molar-refractivity contribution in [2.75, 3.05) is 19.7 Å². The molecule has 1 amide bonds. The van der Waals surface area contributed by atoms with Crippen LogP contribution in [0.15, 0.2) is 24.3 Å². The van der Waals surface area contributed by atoms with Crippen molar-refractivity contribution in [3.8, 4) is 5.75 Å². The summed E-state index contributed by atoms with van der Waals surface area (Å²) in [7, 11) is 0. The molecule has 1 aliphatic rings. The smallest absolute Gasteiger partial charge is 0.234 e. The zero-order valence-corrected chi connectivity index (χ0v) is 12.8. The van der Waals surface area contributed by atoms with Gasteiger partial charge in [0.15, 0.2) is 0 Å². The van der Waals surface area contributed by atoms with E-state index in [1.165, 1.54) is 0 Å². The summed E-state index contributed by atoms with van der Waals surface area (Å²) in [6.45, 7) is 2.34. The van der Waals surface area contributed by atoms with Crippen molar-refractivity contribution in [3.05, 3.63) is 29.8 Å². The molecule has 0 aliphatic carbocycles. The molecule has 1 saturated heterocycles. The third kappa shape index (κ3) is 4.41. The molecule has 1 unspecified atom stereocenters. The second-order valence-corrected chi connectivity index (χ2v) is 5.63. The molecule has 0 bridgehead atoms. The Hall–Kier alpha value is -1.66. The molecule has 0 saturated carbocycles. The molecule has 1 aromatic carbocycles. The monoisotopic (exact) mass is 307 g/mol. The Balaban J connectivity index is 1.76. The first-order valence-corrected chi connectivity index (χ1v) is 7.55. The summed E-state index contributed by atoms with van der Waals surface area (Å²) in [6, 6.07) is 7.33. The van der Waals surface area contributed by atoms with Crippen molar-refractivity contribution < 1.29 is 9.53 Å². The lowest BCUT2D eigenvalue weighted by atomic mass is 10.2. The highest BCUT2D eigenvalue weighted by molar-refractivity contribution is 7.80.